The smallest absolute Gasteiger partial charge is 0.124 e. The van der Waals surface area contributed by atoms with E-state index in [0.29, 0.717) is 12.3 Å². The molecule has 0 radical (unpaired) electrons. The number of aryl methyl sites for hydroxylation is 2. The maximum absolute atomic E-state index is 10.4. The number of rotatable bonds is 5. The molecule has 4 heteroatoms. The Kier molecular flexibility index (Phi) is 5.26. The van der Waals surface area contributed by atoms with Crippen molar-refractivity contribution >= 4 is 21.6 Å². The zero-order valence-electron chi connectivity index (χ0n) is 12.5. The van der Waals surface area contributed by atoms with Crippen LogP contribution in [0.1, 0.15) is 22.8 Å². The van der Waals surface area contributed by atoms with E-state index in [1.54, 1.807) is 7.11 Å². The van der Waals surface area contributed by atoms with Crippen molar-refractivity contribution in [3.8, 4) is 5.75 Å². The van der Waals surface area contributed by atoms with Crippen molar-refractivity contribution in [3.05, 3.63) is 57.6 Å². The second-order valence-electron chi connectivity index (χ2n) is 5.13. The first-order valence-electron chi connectivity index (χ1n) is 6.84. The SMILES string of the molecule is COc1ccc(C)cc1C(O)CNc1cc(C)ccc1Br. The molecule has 2 N–H and O–H groups in total. The van der Waals surface area contributed by atoms with E-state index in [2.05, 4.69) is 21.2 Å². The first-order chi connectivity index (χ1) is 10.0. The van der Waals surface area contributed by atoms with E-state index >= 15 is 0 Å². The Labute approximate surface area is 134 Å². The van der Waals surface area contributed by atoms with Crippen LogP contribution >= 0.6 is 15.9 Å². The highest BCUT2D eigenvalue weighted by atomic mass is 79.9. The fraction of sp³-hybridized carbons (Fsp3) is 0.294. The number of nitrogens with one attached hydrogen (secondary N) is 1. The summed E-state index contributed by atoms with van der Waals surface area (Å²) in [5.41, 5.74) is 4.04. The number of hydrogen-bond acceptors (Lipinski definition) is 3. The maximum atomic E-state index is 10.4. The molecule has 0 saturated heterocycles. The largest absolute Gasteiger partial charge is 0.496 e. The zero-order chi connectivity index (χ0) is 15.4. The molecule has 0 heterocycles. The Morgan fingerprint density at radius 2 is 1.81 bits per heavy atom. The molecule has 0 spiro atoms. The number of halogens is 1. The molecule has 0 amide bonds. The van der Waals surface area contributed by atoms with Crippen LogP contribution in [0.25, 0.3) is 0 Å². The van der Waals surface area contributed by atoms with Gasteiger partial charge in [0.1, 0.15) is 5.75 Å². The second kappa shape index (κ2) is 6.96. The lowest BCUT2D eigenvalue weighted by atomic mass is 10.0. The van der Waals surface area contributed by atoms with Gasteiger partial charge in [-0.1, -0.05) is 17.7 Å². The van der Waals surface area contributed by atoms with E-state index in [9.17, 15) is 5.11 Å². The molecule has 0 aliphatic carbocycles. The third-order valence-electron chi connectivity index (χ3n) is 3.35. The fourth-order valence-corrected chi connectivity index (χ4v) is 2.59. The van der Waals surface area contributed by atoms with Gasteiger partial charge >= 0.3 is 0 Å². The molecule has 2 aromatic rings. The molecule has 3 nitrogen and oxygen atoms in total. The molecule has 1 unspecified atom stereocenters. The molecule has 0 aliphatic rings. The number of hydrogen-bond donors (Lipinski definition) is 2. The van der Waals surface area contributed by atoms with Gasteiger partial charge in [0.2, 0.25) is 0 Å². The highest BCUT2D eigenvalue weighted by Gasteiger charge is 2.14. The average Bonchev–Trinajstić information content (AvgIpc) is 2.47. The van der Waals surface area contributed by atoms with Crippen LogP contribution in [0.4, 0.5) is 5.69 Å². The number of anilines is 1. The summed E-state index contributed by atoms with van der Waals surface area (Å²) in [5, 5.41) is 13.7. The van der Waals surface area contributed by atoms with E-state index in [0.717, 1.165) is 21.3 Å². The highest BCUT2D eigenvalue weighted by molar-refractivity contribution is 9.10. The molecule has 112 valence electrons. The van der Waals surface area contributed by atoms with Gasteiger partial charge in [-0.05, 0) is 59.6 Å². The van der Waals surface area contributed by atoms with Crippen LogP contribution in [0, 0.1) is 13.8 Å². The van der Waals surface area contributed by atoms with Crippen LogP contribution < -0.4 is 10.1 Å². The lowest BCUT2D eigenvalue weighted by Crippen LogP contribution is -2.13. The van der Waals surface area contributed by atoms with Crippen LogP contribution in [0.5, 0.6) is 5.75 Å². The summed E-state index contributed by atoms with van der Waals surface area (Å²) in [4.78, 5) is 0. The second-order valence-corrected chi connectivity index (χ2v) is 5.98. The number of benzene rings is 2. The molecule has 21 heavy (non-hydrogen) atoms. The molecule has 1 atom stereocenters. The normalized spacial score (nSPS) is 12.0. The summed E-state index contributed by atoms with van der Waals surface area (Å²) in [5.74, 6) is 0.707. The van der Waals surface area contributed by atoms with Crippen LogP contribution in [0.2, 0.25) is 0 Å². The van der Waals surface area contributed by atoms with Crippen molar-refractivity contribution in [2.45, 2.75) is 20.0 Å². The Balaban J connectivity index is 2.13. The van der Waals surface area contributed by atoms with Crippen molar-refractivity contribution in [1.82, 2.24) is 0 Å². The van der Waals surface area contributed by atoms with Crippen molar-refractivity contribution in [2.75, 3.05) is 19.0 Å². The predicted octanol–water partition coefficient (Wildman–Crippen LogP) is 4.22. The lowest BCUT2D eigenvalue weighted by molar-refractivity contribution is 0.187. The first-order valence-corrected chi connectivity index (χ1v) is 7.63. The topological polar surface area (TPSA) is 41.5 Å². The van der Waals surface area contributed by atoms with E-state index < -0.39 is 6.10 Å². The van der Waals surface area contributed by atoms with Crippen LogP contribution in [-0.2, 0) is 0 Å². The van der Waals surface area contributed by atoms with Gasteiger partial charge in [-0.3, -0.25) is 0 Å². The van der Waals surface area contributed by atoms with Crippen LogP contribution in [-0.4, -0.2) is 18.8 Å². The monoisotopic (exact) mass is 349 g/mol. The zero-order valence-corrected chi connectivity index (χ0v) is 14.1. The quantitative estimate of drug-likeness (QED) is 0.848. The minimum absolute atomic E-state index is 0.419. The van der Waals surface area contributed by atoms with Gasteiger partial charge in [0.15, 0.2) is 0 Å². The summed E-state index contributed by atoms with van der Waals surface area (Å²) in [6.07, 6.45) is -0.632. The predicted molar refractivity (Wildman–Crippen MR) is 90.1 cm³/mol. The van der Waals surface area contributed by atoms with Crippen LogP contribution in [0.3, 0.4) is 0 Å². The van der Waals surface area contributed by atoms with Gasteiger partial charge in [-0.15, -0.1) is 0 Å². The van der Waals surface area contributed by atoms with Crippen molar-refractivity contribution < 1.29 is 9.84 Å². The molecule has 2 aromatic carbocycles. The van der Waals surface area contributed by atoms with E-state index in [4.69, 9.17) is 4.74 Å². The molecule has 0 aliphatic heterocycles. The Morgan fingerprint density at radius 3 is 2.52 bits per heavy atom. The number of aliphatic hydroxyl groups excluding tert-OH is 1. The molecule has 0 bridgehead atoms. The van der Waals surface area contributed by atoms with E-state index in [1.807, 2.05) is 50.2 Å². The van der Waals surface area contributed by atoms with Crippen molar-refractivity contribution in [2.24, 2.45) is 0 Å². The minimum atomic E-state index is -0.632. The van der Waals surface area contributed by atoms with Crippen molar-refractivity contribution in [3.63, 3.8) is 0 Å². The Morgan fingerprint density at radius 1 is 1.14 bits per heavy atom. The first kappa shape index (κ1) is 15.9. The Bertz CT molecular complexity index is 628. The van der Waals surface area contributed by atoms with Gasteiger partial charge in [0, 0.05) is 22.3 Å². The standard InChI is InChI=1S/C17H20BrNO2/c1-11-5-7-17(21-3)13(8-11)16(20)10-19-15-9-12(2)4-6-14(15)18/h4-9,16,19-20H,10H2,1-3H3. The summed E-state index contributed by atoms with van der Waals surface area (Å²) in [7, 11) is 1.62. The summed E-state index contributed by atoms with van der Waals surface area (Å²) in [6, 6.07) is 11.9. The summed E-state index contributed by atoms with van der Waals surface area (Å²) < 4.78 is 6.30. The highest BCUT2D eigenvalue weighted by Crippen LogP contribution is 2.28. The van der Waals surface area contributed by atoms with Crippen molar-refractivity contribution in [1.29, 1.82) is 0 Å². The number of methoxy groups -OCH3 is 1. The van der Waals surface area contributed by atoms with E-state index in [-0.39, 0.29) is 0 Å². The van der Waals surface area contributed by atoms with Gasteiger partial charge in [-0.25, -0.2) is 0 Å². The van der Waals surface area contributed by atoms with Gasteiger partial charge in [-0.2, -0.15) is 0 Å². The molecular weight excluding hydrogens is 330 g/mol. The van der Waals surface area contributed by atoms with Gasteiger partial charge < -0.3 is 15.2 Å². The minimum Gasteiger partial charge on any atom is -0.496 e. The third kappa shape index (κ3) is 3.99. The van der Waals surface area contributed by atoms with Crippen LogP contribution in [0.15, 0.2) is 40.9 Å². The maximum Gasteiger partial charge on any atom is 0.124 e. The van der Waals surface area contributed by atoms with E-state index in [1.165, 1.54) is 5.56 Å². The third-order valence-corrected chi connectivity index (χ3v) is 4.04. The number of ether oxygens (including phenoxy) is 1. The van der Waals surface area contributed by atoms with Gasteiger partial charge in [0.05, 0.1) is 13.2 Å². The molecule has 0 saturated carbocycles. The summed E-state index contributed by atoms with van der Waals surface area (Å²) in [6.45, 7) is 4.46. The lowest BCUT2D eigenvalue weighted by Gasteiger charge is -2.17. The molecular formula is C17H20BrNO2. The molecule has 0 aromatic heterocycles. The summed E-state index contributed by atoms with van der Waals surface area (Å²) >= 11 is 3.51. The average molecular weight is 350 g/mol. The number of aliphatic hydroxyl groups is 1. The Hall–Kier alpha value is -1.52. The van der Waals surface area contributed by atoms with Gasteiger partial charge in [0.25, 0.3) is 0 Å². The molecule has 2 rings (SSSR count). The fourth-order valence-electron chi connectivity index (χ4n) is 2.21. The molecule has 0 fully saturated rings.